The normalized spacial score (nSPS) is 12.2. The lowest BCUT2D eigenvalue weighted by Crippen LogP contribution is -2.19. The molecule has 0 amide bonds. The summed E-state index contributed by atoms with van der Waals surface area (Å²) in [4.78, 5) is 2.38. The highest BCUT2D eigenvalue weighted by Crippen LogP contribution is 2.27. The van der Waals surface area contributed by atoms with Gasteiger partial charge in [-0.2, -0.15) is 13.5 Å². The maximum Gasteiger partial charge on any atom is 0.276 e. The molecule has 0 aliphatic carbocycles. The minimum Gasteiger partial charge on any atom is -0.493 e. The van der Waals surface area contributed by atoms with Crippen LogP contribution in [-0.4, -0.2) is 28.9 Å². The highest BCUT2D eigenvalue weighted by Gasteiger charge is 2.17. The Morgan fingerprint density at radius 3 is 2.12 bits per heavy atom. The lowest BCUT2D eigenvalue weighted by Gasteiger charge is -2.19. The zero-order valence-electron chi connectivity index (χ0n) is 15.6. The fraction of sp³-hybridized carbons (Fsp3) is 0.316. The van der Waals surface area contributed by atoms with Gasteiger partial charge in [-0.1, -0.05) is 32.9 Å². The molecule has 7 heteroatoms. The van der Waals surface area contributed by atoms with E-state index in [1.807, 2.05) is 12.1 Å². The van der Waals surface area contributed by atoms with E-state index in [9.17, 15) is 8.42 Å². The first-order valence-electron chi connectivity index (χ1n) is 8.05. The summed E-state index contributed by atoms with van der Waals surface area (Å²) in [5.41, 5.74) is 1.69. The van der Waals surface area contributed by atoms with E-state index in [2.05, 4.69) is 30.7 Å². The van der Waals surface area contributed by atoms with Gasteiger partial charge in [-0.15, -0.1) is 0 Å². The van der Waals surface area contributed by atoms with Gasteiger partial charge in [0.25, 0.3) is 10.0 Å². The second kappa shape index (κ2) is 7.78. The molecule has 0 aliphatic heterocycles. The summed E-state index contributed by atoms with van der Waals surface area (Å²) >= 11 is 0. The van der Waals surface area contributed by atoms with Crippen LogP contribution in [0.15, 0.2) is 52.5 Å². The molecular formula is C19H24N2O4S. The van der Waals surface area contributed by atoms with E-state index in [-0.39, 0.29) is 10.3 Å². The third-order valence-corrected chi connectivity index (χ3v) is 5.06. The molecule has 6 nitrogen and oxygen atoms in total. The SMILES string of the molecule is COc1ccc(/C=N/NS(=O)(=O)c2ccc(C(C)(C)C)cc2)cc1OC. The standard InChI is InChI=1S/C19H24N2O4S/c1-19(2,3)15-7-9-16(10-8-15)26(22,23)21-20-13-14-6-11-17(24-4)18(12-14)25-5/h6-13,21H,1-5H3/b20-13+. The predicted molar refractivity (Wildman–Crippen MR) is 103 cm³/mol. The van der Waals surface area contributed by atoms with Gasteiger partial charge >= 0.3 is 0 Å². The van der Waals surface area contributed by atoms with Crippen molar-refractivity contribution in [3.05, 3.63) is 53.6 Å². The van der Waals surface area contributed by atoms with Crippen molar-refractivity contribution in [2.24, 2.45) is 5.10 Å². The third-order valence-electron chi connectivity index (χ3n) is 3.82. The number of nitrogens with one attached hydrogen (secondary N) is 1. The second-order valence-electron chi connectivity index (χ2n) is 6.74. The van der Waals surface area contributed by atoms with Crippen molar-refractivity contribution in [3.8, 4) is 11.5 Å². The molecule has 0 saturated heterocycles. The number of nitrogens with zero attached hydrogens (tertiary/aromatic N) is 1. The van der Waals surface area contributed by atoms with Crippen LogP contribution in [0.1, 0.15) is 31.9 Å². The fourth-order valence-corrected chi connectivity index (χ4v) is 3.08. The van der Waals surface area contributed by atoms with Gasteiger partial charge in [0, 0.05) is 0 Å². The summed E-state index contributed by atoms with van der Waals surface area (Å²) in [7, 11) is -0.648. The van der Waals surface area contributed by atoms with Crippen molar-refractivity contribution in [1.29, 1.82) is 0 Å². The number of ether oxygens (including phenoxy) is 2. The van der Waals surface area contributed by atoms with E-state index in [4.69, 9.17) is 9.47 Å². The van der Waals surface area contributed by atoms with Crippen LogP contribution < -0.4 is 14.3 Å². The number of sulfonamides is 1. The van der Waals surface area contributed by atoms with Crippen molar-refractivity contribution in [2.45, 2.75) is 31.1 Å². The summed E-state index contributed by atoms with van der Waals surface area (Å²) in [6.45, 7) is 6.21. The number of methoxy groups -OCH3 is 2. The zero-order chi connectivity index (χ0) is 19.4. The molecule has 0 bridgehead atoms. The van der Waals surface area contributed by atoms with Crippen LogP contribution in [0.3, 0.4) is 0 Å². The molecule has 0 fully saturated rings. The molecular weight excluding hydrogens is 352 g/mol. The molecule has 0 spiro atoms. The molecule has 0 aromatic heterocycles. The molecule has 0 unspecified atom stereocenters. The van der Waals surface area contributed by atoms with Gasteiger partial charge < -0.3 is 9.47 Å². The van der Waals surface area contributed by atoms with E-state index in [0.717, 1.165) is 5.56 Å². The Kier molecular flexibility index (Phi) is 5.92. The van der Waals surface area contributed by atoms with Crippen LogP contribution in [0.2, 0.25) is 0 Å². The van der Waals surface area contributed by atoms with Gasteiger partial charge in [0.15, 0.2) is 11.5 Å². The number of hydrazone groups is 1. The number of hydrogen-bond donors (Lipinski definition) is 1. The minimum atomic E-state index is -3.73. The first-order valence-corrected chi connectivity index (χ1v) is 9.53. The van der Waals surface area contributed by atoms with Gasteiger partial charge in [0.2, 0.25) is 0 Å². The topological polar surface area (TPSA) is 77.0 Å². The fourth-order valence-electron chi connectivity index (χ4n) is 2.29. The smallest absolute Gasteiger partial charge is 0.276 e. The summed E-state index contributed by atoms with van der Waals surface area (Å²) < 4.78 is 35.0. The van der Waals surface area contributed by atoms with Crippen LogP contribution in [0.25, 0.3) is 0 Å². The van der Waals surface area contributed by atoms with Gasteiger partial charge in [-0.05, 0) is 46.9 Å². The summed E-state index contributed by atoms with van der Waals surface area (Å²) in [6.07, 6.45) is 1.41. The lowest BCUT2D eigenvalue weighted by atomic mass is 9.87. The molecule has 0 saturated carbocycles. The van der Waals surface area contributed by atoms with Gasteiger partial charge in [-0.25, -0.2) is 4.83 Å². The maximum absolute atomic E-state index is 12.3. The molecule has 0 radical (unpaired) electrons. The minimum absolute atomic E-state index is 0.0404. The van der Waals surface area contributed by atoms with Crippen LogP contribution in [0, 0.1) is 0 Å². The molecule has 2 aromatic carbocycles. The highest BCUT2D eigenvalue weighted by atomic mass is 32.2. The molecule has 1 N–H and O–H groups in total. The quantitative estimate of drug-likeness (QED) is 0.620. The Morgan fingerprint density at radius 2 is 1.58 bits per heavy atom. The zero-order valence-corrected chi connectivity index (χ0v) is 16.4. The van der Waals surface area contributed by atoms with Crippen molar-refractivity contribution in [2.75, 3.05) is 14.2 Å². The van der Waals surface area contributed by atoms with Gasteiger partial charge in [0.1, 0.15) is 0 Å². The predicted octanol–water partition coefficient (Wildman–Crippen LogP) is 3.31. The van der Waals surface area contributed by atoms with Gasteiger partial charge in [0.05, 0.1) is 25.3 Å². The molecule has 140 valence electrons. The summed E-state index contributed by atoms with van der Waals surface area (Å²) in [5.74, 6) is 1.13. The Labute approximate surface area is 154 Å². The highest BCUT2D eigenvalue weighted by molar-refractivity contribution is 7.89. The second-order valence-corrected chi connectivity index (χ2v) is 8.40. The first kappa shape index (κ1) is 19.8. The Bertz CT molecular complexity index is 883. The molecule has 2 aromatic rings. The summed E-state index contributed by atoms with van der Waals surface area (Å²) in [6, 6.07) is 12.0. The molecule has 0 atom stereocenters. The van der Waals surface area contributed by atoms with Crippen molar-refractivity contribution >= 4 is 16.2 Å². The van der Waals surface area contributed by atoms with E-state index >= 15 is 0 Å². The van der Waals surface area contributed by atoms with Crippen molar-refractivity contribution < 1.29 is 17.9 Å². The molecule has 0 aliphatic rings. The Balaban J connectivity index is 2.14. The molecule has 2 rings (SSSR count). The largest absolute Gasteiger partial charge is 0.493 e. The summed E-state index contributed by atoms with van der Waals surface area (Å²) in [5, 5.41) is 3.83. The molecule has 26 heavy (non-hydrogen) atoms. The molecule has 0 heterocycles. The number of rotatable bonds is 6. The average Bonchev–Trinajstić information content (AvgIpc) is 2.60. The monoisotopic (exact) mass is 376 g/mol. The first-order chi connectivity index (χ1) is 12.2. The third kappa shape index (κ3) is 4.76. The van der Waals surface area contributed by atoms with E-state index in [1.54, 1.807) is 37.4 Å². The van der Waals surface area contributed by atoms with Crippen LogP contribution >= 0.6 is 0 Å². The van der Waals surface area contributed by atoms with E-state index in [1.165, 1.54) is 13.3 Å². The van der Waals surface area contributed by atoms with Crippen LogP contribution in [-0.2, 0) is 15.4 Å². The Hall–Kier alpha value is -2.54. The lowest BCUT2D eigenvalue weighted by molar-refractivity contribution is 0.355. The van der Waals surface area contributed by atoms with Crippen molar-refractivity contribution in [3.63, 3.8) is 0 Å². The van der Waals surface area contributed by atoms with E-state index < -0.39 is 10.0 Å². The maximum atomic E-state index is 12.3. The number of hydrogen-bond acceptors (Lipinski definition) is 5. The van der Waals surface area contributed by atoms with Gasteiger partial charge in [-0.3, -0.25) is 0 Å². The van der Waals surface area contributed by atoms with Crippen molar-refractivity contribution in [1.82, 2.24) is 4.83 Å². The average molecular weight is 376 g/mol. The Morgan fingerprint density at radius 1 is 0.962 bits per heavy atom. The van der Waals surface area contributed by atoms with Crippen LogP contribution in [0.5, 0.6) is 11.5 Å². The van der Waals surface area contributed by atoms with Crippen LogP contribution in [0.4, 0.5) is 0 Å². The van der Waals surface area contributed by atoms with E-state index in [0.29, 0.717) is 17.1 Å². The number of benzene rings is 2.